The molecule has 1 N–H and O–H groups in total. The van der Waals surface area contributed by atoms with Crippen molar-refractivity contribution in [1.82, 2.24) is 24.7 Å². The molecule has 0 atom stereocenters. The molecule has 0 unspecified atom stereocenters. The van der Waals surface area contributed by atoms with Crippen molar-refractivity contribution >= 4 is 35.8 Å². The molecule has 1 aromatic carbocycles. The van der Waals surface area contributed by atoms with Crippen LogP contribution in [0.1, 0.15) is 37.7 Å². The molecule has 166 valence electrons. The fraction of sp³-hybridized carbons (Fsp3) is 0.500. The lowest BCUT2D eigenvalue weighted by Crippen LogP contribution is -2.45. The van der Waals surface area contributed by atoms with E-state index in [2.05, 4.69) is 39.1 Å². The molecule has 2 aromatic rings. The van der Waals surface area contributed by atoms with Crippen molar-refractivity contribution in [3.63, 3.8) is 0 Å². The highest BCUT2D eigenvalue weighted by Crippen LogP contribution is 2.10. The molecule has 2 rings (SSSR count). The van der Waals surface area contributed by atoms with E-state index in [0.29, 0.717) is 13.1 Å². The van der Waals surface area contributed by atoms with Crippen molar-refractivity contribution < 1.29 is 4.79 Å². The molecule has 1 aromatic heterocycles. The normalized spacial score (nSPS) is 11.0. The van der Waals surface area contributed by atoms with Gasteiger partial charge in [-0.1, -0.05) is 24.3 Å². The van der Waals surface area contributed by atoms with Crippen LogP contribution in [0, 0.1) is 6.92 Å². The van der Waals surface area contributed by atoms with Crippen LogP contribution in [-0.2, 0) is 17.9 Å². The van der Waals surface area contributed by atoms with Gasteiger partial charge in [0.1, 0.15) is 5.82 Å². The third-order valence-corrected chi connectivity index (χ3v) is 4.86. The number of amides is 1. The van der Waals surface area contributed by atoms with Gasteiger partial charge >= 0.3 is 0 Å². The molecule has 1 heterocycles. The second-order valence-corrected chi connectivity index (χ2v) is 7.01. The minimum Gasteiger partial charge on any atom is -0.357 e. The van der Waals surface area contributed by atoms with Crippen molar-refractivity contribution in [3.05, 3.63) is 53.6 Å². The number of imidazole rings is 1. The fourth-order valence-corrected chi connectivity index (χ4v) is 3.18. The lowest BCUT2D eigenvalue weighted by Gasteiger charge is -2.25. The quantitative estimate of drug-likeness (QED) is 0.310. The molecule has 0 aliphatic rings. The SMILES string of the molecule is CCNC(=NCc1cccc(Cn2ccnc2C)c1)N(C)CC(=O)N(CC)CC.I. The van der Waals surface area contributed by atoms with Gasteiger partial charge in [0.05, 0.1) is 13.1 Å². The Morgan fingerprint density at radius 2 is 1.90 bits per heavy atom. The Bertz CT molecular complexity index is 815. The van der Waals surface area contributed by atoms with Crippen LogP contribution in [0.2, 0.25) is 0 Å². The summed E-state index contributed by atoms with van der Waals surface area (Å²) in [6.45, 7) is 11.9. The second-order valence-electron chi connectivity index (χ2n) is 7.01. The van der Waals surface area contributed by atoms with Crippen LogP contribution < -0.4 is 5.32 Å². The largest absolute Gasteiger partial charge is 0.357 e. The van der Waals surface area contributed by atoms with Gasteiger partial charge in [-0.15, -0.1) is 24.0 Å². The first-order chi connectivity index (χ1) is 14.0. The molecule has 7 nitrogen and oxygen atoms in total. The smallest absolute Gasteiger partial charge is 0.242 e. The van der Waals surface area contributed by atoms with Crippen LogP contribution in [0.4, 0.5) is 0 Å². The number of aliphatic imine (C=N–C) groups is 1. The Morgan fingerprint density at radius 1 is 1.20 bits per heavy atom. The summed E-state index contributed by atoms with van der Waals surface area (Å²) in [6.07, 6.45) is 3.81. The zero-order chi connectivity index (χ0) is 21.2. The third-order valence-electron chi connectivity index (χ3n) is 4.86. The lowest BCUT2D eigenvalue weighted by molar-refractivity contribution is -0.131. The van der Waals surface area contributed by atoms with E-state index in [-0.39, 0.29) is 29.9 Å². The number of aromatic nitrogens is 2. The summed E-state index contributed by atoms with van der Waals surface area (Å²) in [5, 5.41) is 3.28. The van der Waals surface area contributed by atoms with Crippen molar-refractivity contribution in [3.8, 4) is 0 Å². The van der Waals surface area contributed by atoms with Gasteiger partial charge in [-0.25, -0.2) is 9.98 Å². The molecule has 30 heavy (non-hydrogen) atoms. The zero-order valence-electron chi connectivity index (χ0n) is 18.8. The Labute approximate surface area is 197 Å². The maximum atomic E-state index is 12.4. The van der Waals surface area contributed by atoms with E-state index >= 15 is 0 Å². The Morgan fingerprint density at radius 3 is 2.50 bits per heavy atom. The number of carbonyl (C=O) groups is 1. The van der Waals surface area contributed by atoms with E-state index in [0.717, 1.165) is 43.5 Å². The van der Waals surface area contributed by atoms with Gasteiger partial charge in [0, 0.05) is 45.6 Å². The van der Waals surface area contributed by atoms with E-state index < -0.39 is 0 Å². The number of carbonyl (C=O) groups excluding carboxylic acids is 1. The number of aryl methyl sites for hydroxylation is 1. The maximum Gasteiger partial charge on any atom is 0.242 e. The summed E-state index contributed by atoms with van der Waals surface area (Å²) in [4.78, 5) is 25.2. The van der Waals surface area contributed by atoms with Gasteiger partial charge in [0.25, 0.3) is 0 Å². The van der Waals surface area contributed by atoms with Gasteiger partial charge in [0.15, 0.2) is 5.96 Å². The summed E-state index contributed by atoms with van der Waals surface area (Å²) in [5.41, 5.74) is 2.35. The van der Waals surface area contributed by atoms with Crippen molar-refractivity contribution in [1.29, 1.82) is 0 Å². The number of hydrogen-bond donors (Lipinski definition) is 1. The first-order valence-corrected chi connectivity index (χ1v) is 10.3. The third kappa shape index (κ3) is 7.62. The molecule has 0 saturated carbocycles. The molecular formula is C22H35IN6O. The fourth-order valence-electron chi connectivity index (χ4n) is 3.18. The van der Waals surface area contributed by atoms with Gasteiger partial charge in [-0.2, -0.15) is 0 Å². The summed E-state index contributed by atoms with van der Waals surface area (Å²) >= 11 is 0. The number of guanidine groups is 1. The van der Waals surface area contributed by atoms with Crippen molar-refractivity contribution in [2.45, 2.75) is 40.8 Å². The Hall–Kier alpha value is -2.10. The number of rotatable bonds is 9. The first-order valence-electron chi connectivity index (χ1n) is 10.3. The van der Waals surface area contributed by atoms with Crippen LogP contribution >= 0.6 is 24.0 Å². The average molecular weight is 526 g/mol. The summed E-state index contributed by atoms with van der Waals surface area (Å²) in [6, 6.07) is 8.44. The second kappa shape index (κ2) is 13.3. The standard InChI is InChI=1S/C22H34N6O.HI/c1-6-23-22(26(5)17-21(29)27(7-2)8-3)25-15-19-10-9-11-20(14-19)16-28-13-12-24-18(28)4;/h9-14H,6-8,15-17H2,1-5H3,(H,23,25);1H. The molecule has 0 radical (unpaired) electrons. The highest BCUT2D eigenvalue weighted by molar-refractivity contribution is 14.0. The summed E-state index contributed by atoms with van der Waals surface area (Å²) < 4.78 is 2.12. The van der Waals surface area contributed by atoms with Crippen LogP contribution in [0.25, 0.3) is 0 Å². The molecule has 0 aliphatic carbocycles. The van der Waals surface area contributed by atoms with Gasteiger partial charge < -0.3 is 19.7 Å². The Kier molecular flexibility index (Phi) is 11.5. The van der Waals surface area contributed by atoms with E-state index in [4.69, 9.17) is 4.99 Å². The molecule has 0 bridgehead atoms. The first kappa shape index (κ1) is 25.9. The number of likely N-dealkylation sites (N-methyl/N-ethyl adjacent to an activating group) is 2. The molecule has 0 spiro atoms. The number of nitrogens with zero attached hydrogens (tertiary/aromatic N) is 5. The number of hydrogen-bond acceptors (Lipinski definition) is 3. The van der Waals surface area contributed by atoms with Gasteiger partial charge in [-0.3, -0.25) is 4.79 Å². The zero-order valence-corrected chi connectivity index (χ0v) is 21.1. The molecule has 8 heteroatoms. The topological polar surface area (TPSA) is 65.8 Å². The lowest BCUT2D eigenvalue weighted by atomic mass is 10.1. The van der Waals surface area contributed by atoms with Crippen LogP contribution in [0.3, 0.4) is 0 Å². The highest BCUT2D eigenvalue weighted by atomic mass is 127. The van der Waals surface area contributed by atoms with E-state index in [1.165, 1.54) is 5.56 Å². The predicted octanol–water partition coefficient (Wildman–Crippen LogP) is 3.12. The van der Waals surface area contributed by atoms with Crippen LogP contribution in [0.5, 0.6) is 0 Å². The molecular weight excluding hydrogens is 491 g/mol. The summed E-state index contributed by atoms with van der Waals surface area (Å²) in [7, 11) is 1.90. The highest BCUT2D eigenvalue weighted by Gasteiger charge is 2.15. The molecule has 1 amide bonds. The minimum atomic E-state index is 0. The molecule has 0 saturated heterocycles. The monoisotopic (exact) mass is 526 g/mol. The van der Waals surface area contributed by atoms with E-state index in [1.54, 1.807) is 0 Å². The van der Waals surface area contributed by atoms with Crippen LogP contribution in [-0.4, -0.2) is 64.4 Å². The average Bonchev–Trinajstić information content (AvgIpc) is 3.10. The Balaban J connectivity index is 0.00000450. The number of benzene rings is 1. The minimum absolute atomic E-state index is 0. The number of halogens is 1. The van der Waals surface area contributed by atoms with Gasteiger partial charge in [-0.05, 0) is 38.8 Å². The van der Waals surface area contributed by atoms with Crippen LogP contribution in [0.15, 0.2) is 41.7 Å². The summed E-state index contributed by atoms with van der Waals surface area (Å²) in [5.74, 6) is 1.85. The van der Waals surface area contributed by atoms with Gasteiger partial charge in [0.2, 0.25) is 5.91 Å². The molecule has 0 aliphatic heterocycles. The van der Waals surface area contributed by atoms with E-state index in [9.17, 15) is 4.79 Å². The molecule has 0 fully saturated rings. The predicted molar refractivity (Wildman–Crippen MR) is 133 cm³/mol. The van der Waals surface area contributed by atoms with E-state index in [1.807, 2.05) is 56.9 Å². The van der Waals surface area contributed by atoms with Crippen molar-refractivity contribution in [2.75, 3.05) is 33.2 Å². The maximum absolute atomic E-state index is 12.4. The van der Waals surface area contributed by atoms with Crippen molar-refractivity contribution in [2.24, 2.45) is 4.99 Å². The number of nitrogens with one attached hydrogen (secondary N) is 1.